The van der Waals surface area contributed by atoms with Gasteiger partial charge in [0.1, 0.15) is 0 Å². The maximum atomic E-state index is 2.39. The fourth-order valence-electron chi connectivity index (χ4n) is 4.85. The van der Waals surface area contributed by atoms with E-state index in [4.69, 9.17) is 0 Å². The van der Waals surface area contributed by atoms with Gasteiger partial charge in [-0.15, -0.1) is 0 Å². The van der Waals surface area contributed by atoms with Crippen LogP contribution in [0.2, 0.25) is 0 Å². The number of benzene rings is 5. The molecule has 0 nitrogen and oxygen atoms in total. The van der Waals surface area contributed by atoms with Crippen LogP contribution >= 0.6 is 0 Å². The normalized spacial score (nSPS) is 12.6. The average Bonchev–Trinajstić information content (AvgIpc) is 3.29. The van der Waals surface area contributed by atoms with Gasteiger partial charge in [0.15, 0.2) is 0 Å². The first-order valence-corrected chi connectivity index (χ1v) is 10.8. The number of fused-ring (bicyclic) bond motifs is 2. The van der Waals surface area contributed by atoms with Gasteiger partial charge >= 0.3 is 0 Å². The lowest BCUT2D eigenvalue weighted by Gasteiger charge is -2.15. The van der Waals surface area contributed by atoms with Gasteiger partial charge in [0.2, 0.25) is 0 Å². The molecule has 6 rings (SSSR count). The van der Waals surface area contributed by atoms with E-state index in [2.05, 4.69) is 121 Å². The molecular formula is C31H22. The van der Waals surface area contributed by atoms with Gasteiger partial charge in [-0.25, -0.2) is 0 Å². The molecule has 31 heavy (non-hydrogen) atoms. The summed E-state index contributed by atoms with van der Waals surface area (Å²) in [7, 11) is 0. The Kier molecular flexibility index (Phi) is 4.28. The third-order valence-electron chi connectivity index (χ3n) is 6.34. The van der Waals surface area contributed by atoms with Crippen molar-refractivity contribution in [1.29, 1.82) is 0 Å². The Morgan fingerprint density at radius 2 is 1.06 bits per heavy atom. The first kappa shape index (κ1) is 17.9. The highest BCUT2D eigenvalue weighted by Crippen LogP contribution is 2.42. The van der Waals surface area contributed by atoms with Crippen LogP contribution in [0.25, 0.3) is 44.7 Å². The van der Waals surface area contributed by atoms with Crippen LogP contribution in [0, 0.1) is 0 Å². The third kappa shape index (κ3) is 3.08. The molecule has 146 valence electrons. The van der Waals surface area contributed by atoms with Crippen molar-refractivity contribution in [3.05, 3.63) is 132 Å². The summed E-state index contributed by atoms with van der Waals surface area (Å²) in [6.07, 6.45) is 3.38. The van der Waals surface area contributed by atoms with Gasteiger partial charge in [-0.05, 0) is 67.8 Å². The molecule has 5 aromatic carbocycles. The van der Waals surface area contributed by atoms with Gasteiger partial charge in [-0.2, -0.15) is 0 Å². The van der Waals surface area contributed by atoms with Crippen molar-refractivity contribution in [2.24, 2.45) is 0 Å². The number of hydrogen-bond acceptors (Lipinski definition) is 0. The molecule has 0 fully saturated rings. The lowest BCUT2D eigenvalue weighted by atomic mass is 9.89. The standard InChI is InChI=1S/C31H22/c1-2-10-22(11-3-1)25-20-24-14-9-19-30(31(24)21-25)29-17-7-6-16-28(29)27-18-8-13-23-12-4-5-15-26(23)27/h1-19,21H,20H2. The lowest BCUT2D eigenvalue weighted by molar-refractivity contribution is 1.32. The van der Waals surface area contributed by atoms with Crippen LogP contribution in [0.15, 0.2) is 115 Å². The van der Waals surface area contributed by atoms with Gasteiger partial charge in [-0.3, -0.25) is 0 Å². The maximum Gasteiger partial charge on any atom is -0.00135 e. The summed E-state index contributed by atoms with van der Waals surface area (Å²) in [6.45, 7) is 0. The highest BCUT2D eigenvalue weighted by Gasteiger charge is 2.19. The third-order valence-corrected chi connectivity index (χ3v) is 6.34. The largest absolute Gasteiger partial charge is 0.0622 e. The van der Waals surface area contributed by atoms with Crippen molar-refractivity contribution in [3.8, 4) is 22.3 Å². The van der Waals surface area contributed by atoms with Gasteiger partial charge in [-0.1, -0.05) is 115 Å². The van der Waals surface area contributed by atoms with Crippen LogP contribution < -0.4 is 0 Å². The molecule has 0 spiro atoms. The van der Waals surface area contributed by atoms with Crippen molar-refractivity contribution in [2.45, 2.75) is 6.42 Å². The van der Waals surface area contributed by atoms with E-state index in [1.54, 1.807) is 0 Å². The predicted octanol–water partition coefficient (Wildman–Crippen LogP) is 8.27. The minimum Gasteiger partial charge on any atom is -0.0622 e. The molecule has 0 atom stereocenters. The molecule has 0 aliphatic heterocycles. The zero-order valence-electron chi connectivity index (χ0n) is 17.3. The number of hydrogen-bond donors (Lipinski definition) is 0. The van der Waals surface area contributed by atoms with Crippen LogP contribution in [-0.2, 0) is 6.42 Å². The molecular weight excluding hydrogens is 372 g/mol. The fraction of sp³-hybridized carbons (Fsp3) is 0.0323. The van der Waals surface area contributed by atoms with Crippen molar-refractivity contribution in [3.63, 3.8) is 0 Å². The van der Waals surface area contributed by atoms with E-state index in [0.717, 1.165) is 6.42 Å². The van der Waals surface area contributed by atoms with Crippen LogP contribution in [0.4, 0.5) is 0 Å². The Morgan fingerprint density at radius 3 is 1.94 bits per heavy atom. The van der Waals surface area contributed by atoms with Gasteiger partial charge < -0.3 is 0 Å². The zero-order valence-corrected chi connectivity index (χ0v) is 17.3. The molecule has 0 bridgehead atoms. The van der Waals surface area contributed by atoms with Crippen LogP contribution in [0.1, 0.15) is 16.7 Å². The lowest BCUT2D eigenvalue weighted by Crippen LogP contribution is -1.91. The van der Waals surface area contributed by atoms with Gasteiger partial charge in [0.25, 0.3) is 0 Å². The molecule has 5 aromatic rings. The first-order chi connectivity index (χ1) is 15.4. The van der Waals surface area contributed by atoms with E-state index in [1.165, 1.54) is 55.3 Å². The monoisotopic (exact) mass is 394 g/mol. The minimum absolute atomic E-state index is 0.990. The molecule has 0 N–H and O–H groups in total. The predicted molar refractivity (Wildman–Crippen MR) is 133 cm³/mol. The van der Waals surface area contributed by atoms with E-state index < -0.39 is 0 Å². The second-order valence-corrected chi connectivity index (χ2v) is 8.16. The van der Waals surface area contributed by atoms with E-state index in [-0.39, 0.29) is 0 Å². The quantitative estimate of drug-likeness (QED) is 0.289. The summed E-state index contributed by atoms with van der Waals surface area (Å²) >= 11 is 0. The highest BCUT2D eigenvalue weighted by atomic mass is 14.2. The first-order valence-electron chi connectivity index (χ1n) is 10.8. The second-order valence-electron chi connectivity index (χ2n) is 8.16. The number of allylic oxidation sites excluding steroid dienone is 1. The van der Waals surface area contributed by atoms with Crippen molar-refractivity contribution < 1.29 is 0 Å². The summed E-state index contributed by atoms with van der Waals surface area (Å²) < 4.78 is 0. The summed E-state index contributed by atoms with van der Waals surface area (Å²) in [5.41, 5.74) is 10.6. The second kappa shape index (κ2) is 7.41. The Labute approximate surface area is 183 Å². The molecule has 0 unspecified atom stereocenters. The topological polar surface area (TPSA) is 0 Å². The van der Waals surface area contributed by atoms with E-state index in [9.17, 15) is 0 Å². The fourth-order valence-corrected chi connectivity index (χ4v) is 4.85. The average molecular weight is 395 g/mol. The number of rotatable bonds is 3. The zero-order chi connectivity index (χ0) is 20.6. The molecule has 0 saturated carbocycles. The summed E-state index contributed by atoms with van der Waals surface area (Å²) in [5.74, 6) is 0. The van der Waals surface area contributed by atoms with Crippen LogP contribution in [-0.4, -0.2) is 0 Å². The van der Waals surface area contributed by atoms with Crippen LogP contribution in [0.3, 0.4) is 0 Å². The Balaban J connectivity index is 1.55. The molecule has 0 saturated heterocycles. The molecule has 0 aromatic heterocycles. The molecule has 0 heteroatoms. The highest BCUT2D eigenvalue weighted by molar-refractivity contribution is 6.02. The van der Waals surface area contributed by atoms with Crippen LogP contribution in [0.5, 0.6) is 0 Å². The van der Waals surface area contributed by atoms with E-state index in [0.29, 0.717) is 0 Å². The molecule has 0 heterocycles. The smallest absolute Gasteiger partial charge is 0.00135 e. The Morgan fingerprint density at radius 1 is 0.452 bits per heavy atom. The maximum absolute atomic E-state index is 2.39. The molecule has 1 aliphatic carbocycles. The van der Waals surface area contributed by atoms with Gasteiger partial charge in [0, 0.05) is 0 Å². The molecule has 0 radical (unpaired) electrons. The van der Waals surface area contributed by atoms with Gasteiger partial charge in [0.05, 0.1) is 0 Å². The summed E-state index contributed by atoms with van der Waals surface area (Å²) in [6, 6.07) is 41.6. The minimum atomic E-state index is 0.990. The van der Waals surface area contributed by atoms with E-state index >= 15 is 0 Å². The SMILES string of the molecule is C1=C(c2ccccc2)Cc2cccc(-c3ccccc3-c3cccc4ccccc34)c21. The van der Waals surface area contributed by atoms with Crippen molar-refractivity contribution in [1.82, 2.24) is 0 Å². The summed E-state index contributed by atoms with van der Waals surface area (Å²) in [4.78, 5) is 0. The van der Waals surface area contributed by atoms with E-state index in [1.807, 2.05) is 0 Å². The summed E-state index contributed by atoms with van der Waals surface area (Å²) in [5, 5.41) is 2.57. The Hall–Kier alpha value is -3.90. The van der Waals surface area contributed by atoms with Crippen molar-refractivity contribution >= 4 is 22.4 Å². The molecule has 0 amide bonds. The Bertz CT molecular complexity index is 1430. The molecule has 1 aliphatic rings. The van der Waals surface area contributed by atoms with Crippen molar-refractivity contribution in [2.75, 3.05) is 0 Å².